The Morgan fingerprint density at radius 2 is 1.57 bits per heavy atom. The summed E-state index contributed by atoms with van der Waals surface area (Å²) in [7, 11) is 0.557. The van der Waals surface area contributed by atoms with Gasteiger partial charge in [0.15, 0.2) is 23.1 Å². The van der Waals surface area contributed by atoms with Crippen LogP contribution in [-0.4, -0.2) is 139 Å². The van der Waals surface area contributed by atoms with E-state index in [0.717, 1.165) is 18.1 Å². The molecule has 2 atom stereocenters. The second-order valence-electron chi connectivity index (χ2n) is 18.3. The Morgan fingerprint density at radius 1 is 0.871 bits per heavy atom. The minimum absolute atomic E-state index is 0.0286. The molecule has 0 bridgehead atoms. The number of ether oxygens (including phenoxy) is 3. The Hall–Kier alpha value is -6.58. The highest BCUT2D eigenvalue weighted by atomic mass is 32.2. The van der Waals surface area contributed by atoms with Gasteiger partial charge in [0.1, 0.15) is 21.4 Å². The molecule has 6 heterocycles. The number of imide groups is 2. The van der Waals surface area contributed by atoms with Gasteiger partial charge in [0, 0.05) is 82.9 Å². The molecule has 0 aliphatic carbocycles. The van der Waals surface area contributed by atoms with Crippen LogP contribution in [0.5, 0.6) is 23.0 Å². The average Bonchev–Trinajstić information content (AvgIpc) is 3.75. The van der Waals surface area contributed by atoms with Crippen LogP contribution in [0.25, 0.3) is 10.9 Å². The van der Waals surface area contributed by atoms with Crippen molar-refractivity contribution in [1.82, 2.24) is 34.8 Å². The summed E-state index contributed by atoms with van der Waals surface area (Å²) >= 11 is 0. The van der Waals surface area contributed by atoms with E-state index < -0.39 is 57.3 Å². The first-order chi connectivity index (χ1) is 33.2. The molecular weight excluding hydrogens is 934 g/mol. The molecule has 0 saturated carbocycles. The van der Waals surface area contributed by atoms with Crippen LogP contribution in [0, 0.1) is 5.82 Å². The van der Waals surface area contributed by atoms with Gasteiger partial charge in [0.25, 0.3) is 17.7 Å². The van der Waals surface area contributed by atoms with Gasteiger partial charge in [-0.2, -0.15) is 5.10 Å². The number of amides is 4. The molecule has 3 aromatic carbocycles. The molecular formula is C49H55F3N8O9S. The fourth-order valence-corrected chi connectivity index (χ4v) is 9.52. The zero-order valence-corrected chi connectivity index (χ0v) is 40.6. The number of aromatic nitrogens is 3. The van der Waals surface area contributed by atoms with E-state index >= 15 is 13.2 Å². The largest absolute Gasteiger partial charge is 0.493 e. The molecule has 372 valence electrons. The molecule has 0 radical (unpaired) electrons. The van der Waals surface area contributed by atoms with E-state index in [1.807, 2.05) is 16.7 Å². The van der Waals surface area contributed by atoms with Crippen molar-refractivity contribution >= 4 is 50.2 Å². The summed E-state index contributed by atoms with van der Waals surface area (Å²) in [6, 6.07) is 15.5. The summed E-state index contributed by atoms with van der Waals surface area (Å²) in [4.78, 5) is 63.1. The summed E-state index contributed by atoms with van der Waals surface area (Å²) in [6.45, 7) is 5.67. The van der Waals surface area contributed by atoms with Gasteiger partial charge >= 0.3 is 0 Å². The van der Waals surface area contributed by atoms with E-state index in [1.165, 1.54) is 30.3 Å². The van der Waals surface area contributed by atoms with Crippen LogP contribution in [0.4, 0.5) is 19.0 Å². The van der Waals surface area contributed by atoms with E-state index in [-0.39, 0.29) is 55.1 Å². The topological polar surface area (TPSA) is 186 Å². The number of hydrogen-bond acceptors (Lipinski definition) is 14. The predicted octanol–water partition coefficient (Wildman–Crippen LogP) is 5.49. The van der Waals surface area contributed by atoms with E-state index in [1.54, 1.807) is 72.1 Å². The Labute approximate surface area is 403 Å². The third-order valence-corrected chi connectivity index (χ3v) is 13.0. The number of piperazine rings is 1. The Balaban J connectivity index is 0.00000125. The molecule has 4 amide bonds. The van der Waals surface area contributed by atoms with Gasteiger partial charge in [0.2, 0.25) is 11.8 Å². The Morgan fingerprint density at radius 3 is 2.23 bits per heavy atom. The first kappa shape index (κ1) is 49.8. The highest BCUT2D eigenvalue weighted by Gasteiger charge is 2.49. The van der Waals surface area contributed by atoms with Gasteiger partial charge in [-0.15, -0.1) is 0 Å². The summed E-state index contributed by atoms with van der Waals surface area (Å²) in [5.74, 6) is -3.64. The van der Waals surface area contributed by atoms with Gasteiger partial charge in [-0.25, -0.2) is 26.6 Å². The molecule has 3 fully saturated rings. The number of pyridine rings is 1. The molecule has 17 nitrogen and oxygen atoms in total. The molecule has 70 heavy (non-hydrogen) atoms. The van der Waals surface area contributed by atoms with Gasteiger partial charge in [-0.3, -0.25) is 43.9 Å². The van der Waals surface area contributed by atoms with Crippen molar-refractivity contribution in [2.45, 2.75) is 63.6 Å². The summed E-state index contributed by atoms with van der Waals surface area (Å²) < 4.78 is 85.3. The van der Waals surface area contributed by atoms with Crippen LogP contribution in [0.2, 0.25) is 0 Å². The van der Waals surface area contributed by atoms with E-state index in [0.29, 0.717) is 84.6 Å². The lowest BCUT2D eigenvalue weighted by Gasteiger charge is -2.46. The number of anilines is 1. The first-order valence-corrected chi connectivity index (χ1v) is 25.1. The van der Waals surface area contributed by atoms with Crippen molar-refractivity contribution in [3.8, 4) is 23.0 Å². The quantitative estimate of drug-likeness (QED) is 0.155. The standard InChI is InChI=1S/C47H49F3N8O7.C2H6O2S/c1-5-64-37-22-29(8-11-35(37)63-4)26-58-43(60)31-13-16-51-42(40(31)44(58)61)57-20-18-56(19-21-57)38-14-17-55(27-47(38,49)50)25-28-6-9-30(10-7-28)65-36-24-34-32(23-33(36)48)41(53-54(34)3)46(2)15-12-39(59)52-45(46)62;1-5(2,3)4/h6-11,13,16,22-24,38H,5,12,14-15,17-21,25-27H2,1-4H3,(H,52,59,62);1-2H3. The number of halogens is 3. The second-order valence-corrected chi connectivity index (χ2v) is 20.6. The van der Waals surface area contributed by atoms with Crippen LogP contribution >= 0.6 is 0 Å². The maximum atomic E-state index is 16.0. The zero-order chi connectivity index (χ0) is 50.3. The molecule has 2 unspecified atom stereocenters. The van der Waals surface area contributed by atoms with Crippen LogP contribution < -0.4 is 24.4 Å². The van der Waals surface area contributed by atoms with Crippen LogP contribution in [0.1, 0.15) is 70.6 Å². The smallest absolute Gasteiger partial charge is 0.275 e. The molecule has 5 aromatic rings. The Kier molecular flexibility index (Phi) is 14.0. The number of benzene rings is 3. The fraction of sp³-hybridized carbons (Fsp3) is 0.429. The summed E-state index contributed by atoms with van der Waals surface area (Å²) in [5, 5.41) is 7.35. The molecule has 1 N–H and O–H groups in total. The number of rotatable bonds is 12. The van der Waals surface area contributed by atoms with E-state index in [9.17, 15) is 27.6 Å². The van der Waals surface area contributed by atoms with E-state index in [4.69, 9.17) is 14.2 Å². The van der Waals surface area contributed by atoms with Gasteiger partial charge in [-0.05, 0) is 74.2 Å². The predicted molar refractivity (Wildman–Crippen MR) is 253 cm³/mol. The molecule has 3 saturated heterocycles. The monoisotopic (exact) mass is 988 g/mol. The first-order valence-electron chi connectivity index (χ1n) is 22.8. The van der Waals surface area contributed by atoms with Crippen molar-refractivity contribution in [3.63, 3.8) is 0 Å². The fourth-order valence-electron chi connectivity index (χ4n) is 9.52. The maximum Gasteiger partial charge on any atom is 0.275 e. The maximum absolute atomic E-state index is 16.0. The number of hydrogen-bond donors (Lipinski definition) is 1. The van der Waals surface area contributed by atoms with Crippen LogP contribution in [0.15, 0.2) is 66.9 Å². The molecule has 4 aliphatic rings. The van der Waals surface area contributed by atoms with Gasteiger partial charge in [0.05, 0.1) is 60.6 Å². The Bertz CT molecular complexity index is 2960. The number of methoxy groups -OCH3 is 1. The highest BCUT2D eigenvalue weighted by molar-refractivity contribution is 7.89. The van der Waals surface area contributed by atoms with Crippen molar-refractivity contribution in [2.24, 2.45) is 7.05 Å². The minimum atomic E-state index is -3.00. The minimum Gasteiger partial charge on any atom is -0.493 e. The second kappa shape index (κ2) is 19.7. The summed E-state index contributed by atoms with van der Waals surface area (Å²) in [6.07, 6.45) is 4.48. The molecule has 4 aliphatic heterocycles. The number of fused-ring (bicyclic) bond motifs is 2. The lowest BCUT2D eigenvalue weighted by atomic mass is 9.77. The molecule has 21 heteroatoms. The number of nitrogens with zero attached hydrogens (tertiary/aromatic N) is 7. The normalized spacial score (nSPS) is 20.8. The number of alkyl halides is 2. The number of carbonyl (C=O) groups excluding carboxylic acids is 4. The third kappa shape index (κ3) is 10.3. The van der Waals surface area contributed by atoms with Gasteiger partial charge in [-0.1, -0.05) is 18.2 Å². The van der Waals surface area contributed by atoms with Crippen molar-refractivity contribution < 1.29 is 55.0 Å². The van der Waals surface area contributed by atoms with Gasteiger partial charge < -0.3 is 19.1 Å². The lowest BCUT2D eigenvalue weighted by Crippen LogP contribution is -2.61. The van der Waals surface area contributed by atoms with Crippen molar-refractivity contribution in [1.29, 1.82) is 0 Å². The summed E-state index contributed by atoms with van der Waals surface area (Å²) in [5.41, 5.74) is 1.77. The molecule has 9 rings (SSSR count). The lowest BCUT2D eigenvalue weighted by molar-refractivity contribution is -0.137. The highest BCUT2D eigenvalue weighted by Crippen LogP contribution is 2.40. The van der Waals surface area contributed by atoms with E-state index in [2.05, 4.69) is 15.4 Å². The van der Waals surface area contributed by atoms with Crippen molar-refractivity contribution in [3.05, 3.63) is 101 Å². The number of likely N-dealkylation sites (tertiary alicyclic amines) is 1. The molecule has 2 aromatic heterocycles. The number of carbonyl (C=O) groups is 4. The molecule has 0 spiro atoms. The SMILES string of the molecule is CCOc1cc(CN2C(=O)c3ccnc(N4CCN(C5CCN(Cc6ccc(Oc7cc8c(cc7F)c(C7(C)CCC(=O)NC7=O)nn8C)cc6)CC5(F)F)CC4)c3C2=O)ccc1OC.CS(C)(=O)=O. The zero-order valence-electron chi connectivity index (χ0n) is 39.8. The number of sulfone groups is 1. The number of piperidine rings is 2. The van der Waals surface area contributed by atoms with Crippen LogP contribution in [-0.2, 0) is 45.0 Å². The average molecular weight is 989 g/mol. The number of aryl methyl sites for hydroxylation is 1. The van der Waals surface area contributed by atoms with Crippen LogP contribution in [0.3, 0.4) is 0 Å². The third-order valence-electron chi connectivity index (χ3n) is 13.0. The van der Waals surface area contributed by atoms with Crippen molar-refractivity contribution in [2.75, 3.05) is 70.4 Å². The number of nitrogens with one attached hydrogen (secondary N) is 1.